The Morgan fingerprint density at radius 3 is 2.84 bits per heavy atom. The Kier molecular flexibility index (Phi) is 4.15. The number of pyridine rings is 1. The number of fused-ring (bicyclic) bond motifs is 1. The first-order valence-corrected chi connectivity index (χ1v) is 8.44. The van der Waals surface area contributed by atoms with Crippen molar-refractivity contribution in [2.75, 3.05) is 23.3 Å². The zero-order valence-electron chi connectivity index (χ0n) is 13.4. The normalized spacial score (nSPS) is 17.0. The highest BCUT2D eigenvalue weighted by molar-refractivity contribution is 6.30. The fourth-order valence-corrected chi connectivity index (χ4v) is 3.10. The van der Waals surface area contributed by atoms with Crippen molar-refractivity contribution in [3.63, 3.8) is 0 Å². The second-order valence-electron chi connectivity index (χ2n) is 5.95. The lowest BCUT2D eigenvalue weighted by atomic mass is 10.3. The topological polar surface area (TPSA) is 74.6 Å². The molecule has 1 unspecified atom stereocenters. The first-order valence-electron chi connectivity index (χ1n) is 8.07. The van der Waals surface area contributed by atoms with Crippen LogP contribution in [0.3, 0.4) is 0 Å². The maximum Gasteiger partial charge on any atom is 0.321 e. The van der Waals surface area contributed by atoms with E-state index in [1.54, 1.807) is 10.7 Å². The summed E-state index contributed by atoms with van der Waals surface area (Å²) in [6.07, 6.45) is 2.67. The average molecular weight is 357 g/mol. The van der Waals surface area contributed by atoms with Crippen LogP contribution in [0.25, 0.3) is 5.65 Å². The lowest BCUT2D eigenvalue weighted by Crippen LogP contribution is -2.39. The minimum absolute atomic E-state index is 0.0766. The molecule has 1 aliphatic rings. The van der Waals surface area contributed by atoms with Crippen LogP contribution in [0.1, 0.15) is 6.42 Å². The third-order valence-corrected chi connectivity index (χ3v) is 4.43. The second-order valence-corrected chi connectivity index (χ2v) is 6.38. The van der Waals surface area contributed by atoms with Crippen LogP contribution in [0.2, 0.25) is 5.02 Å². The molecule has 2 aromatic heterocycles. The fraction of sp³-hybridized carbons (Fsp3) is 0.235. The van der Waals surface area contributed by atoms with Crippen molar-refractivity contribution in [2.45, 2.75) is 12.5 Å². The van der Waals surface area contributed by atoms with Crippen molar-refractivity contribution >= 4 is 34.9 Å². The van der Waals surface area contributed by atoms with E-state index in [2.05, 4.69) is 25.6 Å². The van der Waals surface area contributed by atoms with E-state index in [1.165, 1.54) is 0 Å². The summed E-state index contributed by atoms with van der Waals surface area (Å²) in [5, 5.41) is 10.6. The minimum Gasteiger partial charge on any atom is -0.369 e. The van der Waals surface area contributed by atoms with Gasteiger partial charge in [0.1, 0.15) is 0 Å². The number of urea groups is 1. The second kappa shape index (κ2) is 6.60. The van der Waals surface area contributed by atoms with E-state index < -0.39 is 0 Å². The number of nitrogens with zero attached hydrogens (tertiary/aromatic N) is 4. The Balaban J connectivity index is 1.34. The molecule has 3 heterocycles. The molecule has 128 valence electrons. The Morgan fingerprint density at radius 1 is 1.20 bits per heavy atom. The largest absolute Gasteiger partial charge is 0.369 e. The summed E-state index contributed by atoms with van der Waals surface area (Å²) >= 11 is 5.92. The number of aromatic nitrogens is 3. The number of amides is 2. The van der Waals surface area contributed by atoms with Gasteiger partial charge in [-0.3, -0.25) is 5.32 Å². The zero-order valence-corrected chi connectivity index (χ0v) is 14.1. The van der Waals surface area contributed by atoms with Gasteiger partial charge < -0.3 is 10.2 Å². The highest BCUT2D eigenvalue weighted by Gasteiger charge is 2.24. The molecule has 4 rings (SSSR count). The maximum absolute atomic E-state index is 12.2. The molecule has 2 N–H and O–H groups in total. The van der Waals surface area contributed by atoms with Gasteiger partial charge in [-0.1, -0.05) is 17.7 Å². The van der Waals surface area contributed by atoms with Crippen molar-refractivity contribution in [1.29, 1.82) is 0 Å². The van der Waals surface area contributed by atoms with E-state index in [-0.39, 0.29) is 18.0 Å². The Hall–Kier alpha value is -2.80. The molecule has 2 amide bonds. The number of rotatable bonds is 3. The van der Waals surface area contributed by atoms with Crippen LogP contribution >= 0.6 is 11.6 Å². The van der Waals surface area contributed by atoms with Gasteiger partial charge in [0, 0.05) is 36.0 Å². The van der Waals surface area contributed by atoms with E-state index in [1.807, 2.05) is 42.5 Å². The average Bonchev–Trinajstić information content (AvgIpc) is 3.21. The van der Waals surface area contributed by atoms with Crippen LogP contribution in [-0.2, 0) is 0 Å². The number of nitrogens with one attached hydrogen (secondary N) is 2. The van der Waals surface area contributed by atoms with Gasteiger partial charge in [0.25, 0.3) is 5.95 Å². The molecule has 1 aromatic carbocycles. The zero-order chi connectivity index (χ0) is 17.2. The summed E-state index contributed by atoms with van der Waals surface area (Å²) in [6.45, 7) is 1.65. The van der Waals surface area contributed by atoms with E-state index >= 15 is 0 Å². The summed E-state index contributed by atoms with van der Waals surface area (Å²) in [7, 11) is 0. The van der Waals surface area contributed by atoms with Gasteiger partial charge in [0.2, 0.25) is 0 Å². The standard InChI is InChI=1S/C17H17ClN6O/c18-12-4-6-14(7-5-12)23-10-8-13(11-23)19-17(25)21-16-20-15-3-1-2-9-24(15)22-16/h1-7,9,13H,8,10-11H2,(H2,19,21,22,25). The van der Waals surface area contributed by atoms with Crippen LogP contribution in [0.4, 0.5) is 16.4 Å². The van der Waals surface area contributed by atoms with Crippen LogP contribution in [-0.4, -0.2) is 39.8 Å². The van der Waals surface area contributed by atoms with Crippen LogP contribution in [0.5, 0.6) is 0 Å². The fourth-order valence-electron chi connectivity index (χ4n) is 2.97. The molecule has 8 heteroatoms. The SMILES string of the molecule is O=C(Nc1nc2ccccn2n1)NC1CCN(c2ccc(Cl)cc2)C1. The van der Waals surface area contributed by atoms with Crippen molar-refractivity contribution < 1.29 is 4.79 Å². The van der Waals surface area contributed by atoms with E-state index in [4.69, 9.17) is 11.6 Å². The van der Waals surface area contributed by atoms with E-state index in [9.17, 15) is 4.79 Å². The number of benzene rings is 1. The molecular formula is C17H17ClN6O. The minimum atomic E-state index is -0.293. The van der Waals surface area contributed by atoms with Gasteiger partial charge in [-0.05, 0) is 42.8 Å². The number of anilines is 2. The molecule has 0 spiro atoms. The first-order chi connectivity index (χ1) is 12.2. The predicted octanol–water partition coefficient (Wildman–Crippen LogP) is 2.78. The number of carbonyl (C=O) groups excluding carboxylic acids is 1. The lowest BCUT2D eigenvalue weighted by Gasteiger charge is -2.19. The van der Waals surface area contributed by atoms with Gasteiger partial charge >= 0.3 is 6.03 Å². The van der Waals surface area contributed by atoms with Crippen molar-refractivity contribution in [1.82, 2.24) is 19.9 Å². The summed E-state index contributed by atoms with van der Waals surface area (Å²) < 4.78 is 1.62. The van der Waals surface area contributed by atoms with Crippen LogP contribution in [0, 0.1) is 0 Å². The molecule has 0 bridgehead atoms. The maximum atomic E-state index is 12.2. The molecule has 1 fully saturated rings. The predicted molar refractivity (Wildman–Crippen MR) is 97.2 cm³/mol. The lowest BCUT2D eigenvalue weighted by molar-refractivity contribution is 0.249. The van der Waals surface area contributed by atoms with Crippen LogP contribution in [0.15, 0.2) is 48.7 Å². The van der Waals surface area contributed by atoms with Gasteiger partial charge in [-0.25, -0.2) is 9.31 Å². The molecule has 0 radical (unpaired) electrons. The number of hydrogen-bond acceptors (Lipinski definition) is 4. The van der Waals surface area contributed by atoms with Gasteiger partial charge in [-0.15, -0.1) is 5.10 Å². The summed E-state index contributed by atoms with van der Waals surface area (Å²) in [5.74, 6) is 0.288. The Morgan fingerprint density at radius 2 is 2.04 bits per heavy atom. The summed E-state index contributed by atoms with van der Waals surface area (Å²) in [6, 6.07) is 13.1. The summed E-state index contributed by atoms with van der Waals surface area (Å²) in [4.78, 5) is 18.7. The molecule has 25 heavy (non-hydrogen) atoms. The van der Waals surface area contributed by atoms with E-state index in [0.29, 0.717) is 5.65 Å². The third kappa shape index (κ3) is 3.51. The van der Waals surface area contributed by atoms with Crippen molar-refractivity contribution in [3.05, 3.63) is 53.7 Å². The van der Waals surface area contributed by atoms with Crippen LogP contribution < -0.4 is 15.5 Å². The monoisotopic (exact) mass is 356 g/mol. The molecule has 1 aliphatic heterocycles. The molecule has 3 aromatic rings. The van der Waals surface area contributed by atoms with Gasteiger partial charge in [0.05, 0.1) is 0 Å². The van der Waals surface area contributed by atoms with Crippen molar-refractivity contribution in [2.24, 2.45) is 0 Å². The number of halogens is 1. The molecule has 0 saturated carbocycles. The Labute approximate surface area is 149 Å². The molecular weight excluding hydrogens is 340 g/mol. The molecule has 0 aliphatic carbocycles. The Bertz CT molecular complexity index is 861. The molecule has 7 nitrogen and oxygen atoms in total. The molecule has 1 atom stereocenters. The molecule has 1 saturated heterocycles. The van der Waals surface area contributed by atoms with Gasteiger partial charge in [-0.2, -0.15) is 4.98 Å². The van der Waals surface area contributed by atoms with E-state index in [0.717, 1.165) is 30.2 Å². The smallest absolute Gasteiger partial charge is 0.321 e. The highest BCUT2D eigenvalue weighted by atomic mass is 35.5. The quantitative estimate of drug-likeness (QED) is 0.756. The first kappa shape index (κ1) is 15.7. The number of carbonyl (C=O) groups is 1. The third-order valence-electron chi connectivity index (χ3n) is 4.18. The highest BCUT2D eigenvalue weighted by Crippen LogP contribution is 2.22. The van der Waals surface area contributed by atoms with Crippen molar-refractivity contribution in [3.8, 4) is 0 Å². The summed E-state index contributed by atoms with van der Waals surface area (Å²) in [5.41, 5.74) is 1.80. The van der Waals surface area contributed by atoms with Gasteiger partial charge in [0.15, 0.2) is 5.65 Å². The number of hydrogen-bond donors (Lipinski definition) is 2.